The molecule has 0 bridgehead atoms. The molecule has 1 saturated heterocycles. The monoisotopic (exact) mass is 1100 g/mol. The zero-order valence-electron chi connectivity index (χ0n) is 43.1. The van der Waals surface area contributed by atoms with Crippen molar-refractivity contribution in [2.24, 2.45) is 38.7 Å². The molecule has 4 aromatic rings. The quantitative estimate of drug-likeness (QED) is 0.0273. The number of nitrogens with zero attached hydrogens (tertiary/aromatic N) is 3. The first-order valence-electron chi connectivity index (χ1n) is 25.3. The number of guanidine groups is 2. The summed E-state index contributed by atoms with van der Waals surface area (Å²) < 4.78 is 0. The SMILES string of the molecule is CC(=O)N[C@H](CCCN=C(N)N)C(=O)NC1CCCNC(=O)CC[C@@H](C(N)=O)NC(=O)[C@H](Cc2c[nH]c3ccccc23)NC(=O)[C@H](CCCN=C(N)N)NC(=O)[C@@H](Cc2ccccc2Cl)NC(=O)[C@H](Cc2cnc[nH]2)NC1=O. The Balaban J connectivity index is 1.56. The summed E-state index contributed by atoms with van der Waals surface area (Å²) in [7, 11) is 0. The van der Waals surface area contributed by atoms with Crippen LogP contribution in [0.5, 0.6) is 0 Å². The van der Waals surface area contributed by atoms with Crippen LogP contribution in [0, 0.1) is 0 Å². The highest BCUT2D eigenvalue weighted by molar-refractivity contribution is 6.31. The fraction of sp³-hybridized carbons (Fsp3) is 0.440. The van der Waals surface area contributed by atoms with Gasteiger partial charge in [0, 0.05) is 86.3 Å². The van der Waals surface area contributed by atoms with E-state index in [-0.39, 0.29) is 107 Å². The van der Waals surface area contributed by atoms with Gasteiger partial charge in [-0.05, 0) is 68.2 Å². The molecule has 20 N–H and O–H groups in total. The smallest absolute Gasteiger partial charge is 0.243 e. The number of fused-ring (bicyclic) bond motifs is 1. The Kier molecular flexibility index (Phi) is 23.2. The van der Waals surface area contributed by atoms with E-state index in [4.69, 9.17) is 40.3 Å². The number of hydrogen-bond donors (Lipinski definition) is 15. The lowest BCUT2D eigenvalue weighted by molar-refractivity contribution is -0.135. The van der Waals surface area contributed by atoms with Crippen LogP contribution in [-0.2, 0) is 62.4 Å². The largest absolute Gasteiger partial charge is 0.370 e. The Morgan fingerprint density at radius 1 is 0.718 bits per heavy atom. The molecule has 0 saturated carbocycles. The normalized spacial score (nSPS) is 20.7. The van der Waals surface area contributed by atoms with Gasteiger partial charge in [-0.1, -0.05) is 48.0 Å². The number of aromatic nitrogens is 3. The molecule has 2 aromatic carbocycles. The minimum atomic E-state index is -1.49. The number of carbonyl (C=O) groups is 9. The minimum Gasteiger partial charge on any atom is -0.370 e. The maximum absolute atomic E-state index is 14.8. The number of primary amides is 1. The molecule has 9 amide bonds. The van der Waals surface area contributed by atoms with Crippen molar-refractivity contribution in [1.82, 2.24) is 57.5 Å². The van der Waals surface area contributed by atoms with Gasteiger partial charge in [0.2, 0.25) is 53.2 Å². The molecule has 1 fully saturated rings. The maximum Gasteiger partial charge on any atom is 0.243 e. The first kappa shape index (κ1) is 60.1. The molecule has 27 nitrogen and oxygen atoms in total. The van der Waals surface area contributed by atoms with E-state index in [1.54, 1.807) is 36.5 Å². The van der Waals surface area contributed by atoms with Crippen molar-refractivity contribution >= 4 is 87.6 Å². The molecule has 0 spiro atoms. The lowest BCUT2D eigenvalue weighted by Gasteiger charge is -2.28. The molecule has 1 aliphatic rings. The number of amides is 9. The highest BCUT2D eigenvalue weighted by Crippen LogP contribution is 2.21. The summed E-state index contributed by atoms with van der Waals surface area (Å²) >= 11 is 6.61. The van der Waals surface area contributed by atoms with Gasteiger partial charge >= 0.3 is 0 Å². The van der Waals surface area contributed by atoms with E-state index < -0.39 is 95.5 Å². The number of nitrogens with two attached hydrogens (primary N) is 5. The van der Waals surface area contributed by atoms with Gasteiger partial charge in [0.1, 0.15) is 42.3 Å². The van der Waals surface area contributed by atoms with E-state index in [9.17, 15) is 43.2 Å². The lowest BCUT2D eigenvalue weighted by Crippen LogP contribution is -2.60. The van der Waals surface area contributed by atoms with Gasteiger partial charge in [0.05, 0.1) is 6.33 Å². The van der Waals surface area contributed by atoms with Crippen molar-refractivity contribution < 1.29 is 43.2 Å². The Hall–Kier alpha value is -8.75. The van der Waals surface area contributed by atoms with Crippen molar-refractivity contribution in [1.29, 1.82) is 0 Å². The number of halogens is 1. The van der Waals surface area contributed by atoms with Crippen molar-refractivity contribution in [2.75, 3.05) is 19.6 Å². The number of aromatic amines is 2. The topological polar surface area (TPSA) is 449 Å². The van der Waals surface area contributed by atoms with Crippen molar-refractivity contribution in [2.45, 2.75) is 120 Å². The van der Waals surface area contributed by atoms with E-state index in [1.807, 2.05) is 18.2 Å². The van der Waals surface area contributed by atoms with Crippen LogP contribution in [0.3, 0.4) is 0 Å². The van der Waals surface area contributed by atoms with Gasteiger partial charge < -0.3 is 81.2 Å². The predicted octanol–water partition coefficient (Wildman–Crippen LogP) is -2.73. The summed E-state index contributed by atoms with van der Waals surface area (Å²) in [6.45, 7) is 1.31. The summed E-state index contributed by atoms with van der Waals surface area (Å²) in [5.74, 6) is -7.55. The van der Waals surface area contributed by atoms with Gasteiger partial charge in [-0.2, -0.15) is 0 Å². The van der Waals surface area contributed by atoms with Gasteiger partial charge in [-0.3, -0.25) is 53.1 Å². The number of aliphatic imine (C=N–C) groups is 2. The zero-order valence-corrected chi connectivity index (χ0v) is 43.8. The van der Waals surface area contributed by atoms with E-state index in [1.165, 1.54) is 19.4 Å². The average molecular weight is 1100 g/mol. The third-order valence-corrected chi connectivity index (χ3v) is 12.9. The fourth-order valence-corrected chi connectivity index (χ4v) is 8.74. The van der Waals surface area contributed by atoms with E-state index in [2.05, 4.69) is 67.5 Å². The number of H-pyrrole nitrogens is 2. The minimum absolute atomic E-state index is 0.0264. The number of carbonyl (C=O) groups excluding carboxylic acids is 9. The molecule has 0 aliphatic carbocycles. The van der Waals surface area contributed by atoms with Gasteiger partial charge in [-0.15, -0.1) is 0 Å². The van der Waals surface area contributed by atoms with Crippen LogP contribution in [0.25, 0.3) is 10.9 Å². The molecule has 7 atom stereocenters. The molecular weight excluding hydrogens is 1030 g/mol. The number of imidazole rings is 1. The lowest BCUT2D eigenvalue weighted by atomic mass is 10.0. The molecule has 1 aliphatic heterocycles. The van der Waals surface area contributed by atoms with Crippen LogP contribution in [0.4, 0.5) is 0 Å². The number of hydrogen-bond acceptors (Lipinski definition) is 12. The standard InChI is InChI=1S/C50H69ClN18O9/c1-27(70)63-35(13-7-19-59-49(53)54)43(73)65-36-14-6-18-58-41(71)17-16-34(42(52)72)64-46(76)39(22-29-24-61-33-12-5-3-10-31(29)33)67-44(74)37(15-8-20-60-50(55)56)66-47(77)38(21-28-9-2-4-11-32(28)51)68-48(78)40(69-45(36)75)23-30-25-57-26-62-30/h2-5,9-12,24-26,34-40,61H,6-8,13-23H2,1H3,(H2,52,72)(H,57,62)(H,58,71)(H,63,70)(H,64,76)(H,65,73)(H,66,77)(H,67,74)(H,68,78)(H,69,75)(H4,53,54,59)(H4,55,56,60)/t34-,35+,36?,37-,38+,39-,40-/m0/s1. The Labute approximate surface area is 454 Å². The summed E-state index contributed by atoms with van der Waals surface area (Å²) in [6.07, 6.45) is 3.58. The van der Waals surface area contributed by atoms with E-state index in [0.717, 1.165) is 10.9 Å². The van der Waals surface area contributed by atoms with Gasteiger partial charge in [0.15, 0.2) is 11.9 Å². The molecular formula is C50H69ClN18O9. The second-order valence-electron chi connectivity index (χ2n) is 18.6. The van der Waals surface area contributed by atoms with Crippen LogP contribution < -0.4 is 71.2 Å². The first-order valence-corrected chi connectivity index (χ1v) is 25.7. The molecule has 420 valence electrons. The van der Waals surface area contributed by atoms with Crippen LogP contribution >= 0.6 is 11.6 Å². The molecule has 28 heteroatoms. The first-order chi connectivity index (χ1) is 37.3. The van der Waals surface area contributed by atoms with Crippen molar-refractivity contribution in [3.8, 4) is 0 Å². The Bertz CT molecular complexity index is 2800. The summed E-state index contributed by atoms with van der Waals surface area (Å²) in [4.78, 5) is 143. The number of para-hydroxylation sites is 1. The number of rotatable bonds is 18. The van der Waals surface area contributed by atoms with E-state index in [0.29, 0.717) is 16.8 Å². The van der Waals surface area contributed by atoms with Crippen LogP contribution in [0.15, 0.2) is 77.2 Å². The molecule has 2 aromatic heterocycles. The average Bonchev–Trinajstić information content (AvgIpc) is 4.07. The number of nitrogens with one attached hydrogen (secondary N) is 10. The Morgan fingerprint density at radius 3 is 1.97 bits per heavy atom. The second kappa shape index (κ2) is 30.1. The highest BCUT2D eigenvalue weighted by atomic mass is 35.5. The summed E-state index contributed by atoms with van der Waals surface area (Å²) in [5, 5.41) is 22.4. The molecule has 0 radical (unpaired) electrons. The van der Waals surface area contributed by atoms with Gasteiger partial charge in [-0.25, -0.2) is 4.98 Å². The van der Waals surface area contributed by atoms with Crippen LogP contribution in [0.1, 0.15) is 75.1 Å². The summed E-state index contributed by atoms with van der Waals surface area (Å²) in [6, 6.07) is 4.06. The third kappa shape index (κ3) is 19.4. The van der Waals surface area contributed by atoms with Gasteiger partial charge in [0.25, 0.3) is 0 Å². The highest BCUT2D eigenvalue weighted by Gasteiger charge is 2.35. The third-order valence-electron chi connectivity index (χ3n) is 12.5. The van der Waals surface area contributed by atoms with Crippen LogP contribution in [0.2, 0.25) is 5.02 Å². The fourth-order valence-electron chi connectivity index (χ4n) is 8.52. The number of benzene rings is 2. The van der Waals surface area contributed by atoms with E-state index >= 15 is 0 Å². The summed E-state index contributed by atoms with van der Waals surface area (Å²) in [5.41, 5.74) is 30.0. The van der Waals surface area contributed by atoms with Crippen LogP contribution in [-0.4, -0.2) is 142 Å². The zero-order chi connectivity index (χ0) is 56.7. The molecule has 1 unspecified atom stereocenters. The Morgan fingerprint density at radius 2 is 1.32 bits per heavy atom. The maximum atomic E-state index is 14.8. The van der Waals surface area contributed by atoms with Crippen molar-refractivity contribution in [3.63, 3.8) is 0 Å². The van der Waals surface area contributed by atoms with Crippen molar-refractivity contribution in [3.05, 3.63) is 89.1 Å². The molecule has 78 heavy (non-hydrogen) atoms. The molecule has 5 rings (SSSR count). The molecule has 3 heterocycles. The predicted molar refractivity (Wildman–Crippen MR) is 289 cm³/mol. The second-order valence-corrected chi connectivity index (χ2v) is 19.0.